The van der Waals surface area contributed by atoms with Gasteiger partial charge in [-0.15, -0.1) is 0 Å². The number of hydrogen-bond acceptors (Lipinski definition) is 2. The van der Waals surface area contributed by atoms with Crippen LogP contribution in [0.25, 0.3) is 0 Å². The molecule has 0 heterocycles. The van der Waals surface area contributed by atoms with Gasteiger partial charge in [-0.3, -0.25) is 0 Å². The van der Waals surface area contributed by atoms with Crippen molar-refractivity contribution in [1.82, 2.24) is 0 Å². The molecule has 0 aromatic heterocycles. The quantitative estimate of drug-likeness (QED) is 0.604. The van der Waals surface area contributed by atoms with Crippen molar-refractivity contribution in [3.05, 3.63) is 0 Å². The van der Waals surface area contributed by atoms with Gasteiger partial charge in [0.25, 0.3) is 0 Å². The third kappa shape index (κ3) is 587. The van der Waals surface area contributed by atoms with E-state index in [1.54, 1.807) is 0 Å². The van der Waals surface area contributed by atoms with Crippen LogP contribution in [-0.4, -0.2) is 27.6 Å². The van der Waals surface area contributed by atoms with Gasteiger partial charge in [0.05, 0.1) is 0 Å². The SMILES string of the molecule is F[B-](F)(F)F.F[B-](F)(F)F.NCCCN.[Cu+2]. The van der Waals surface area contributed by atoms with Gasteiger partial charge in [0, 0.05) is 0 Å². The fraction of sp³-hybridized carbons (Fsp3) is 1.00. The van der Waals surface area contributed by atoms with E-state index in [0.29, 0.717) is 0 Å². The molecule has 0 atom stereocenters. The van der Waals surface area contributed by atoms with E-state index in [9.17, 15) is 34.5 Å². The van der Waals surface area contributed by atoms with E-state index in [0.717, 1.165) is 19.5 Å². The largest absolute Gasteiger partial charge is 2.00 e. The van der Waals surface area contributed by atoms with E-state index in [2.05, 4.69) is 0 Å². The Bertz CT molecular complexity index is 103. The Morgan fingerprint density at radius 2 is 0.750 bits per heavy atom. The molecule has 0 aliphatic heterocycles. The predicted octanol–water partition coefficient (Wildman–Crippen LogP) is 1.89. The Kier molecular flexibility index (Phi) is 20.4. The van der Waals surface area contributed by atoms with E-state index in [1.807, 2.05) is 0 Å². The number of rotatable bonds is 2. The molecule has 0 aliphatic carbocycles. The minimum absolute atomic E-state index is 0. The van der Waals surface area contributed by atoms with Crippen LogP contribution in [0.4, 0.5) is 34.5 Å². The summed E-state index contributed by atoms with van der Waals surface area (Å²) in [6, 6.07) is 0. The standard InChI is InChI=1S/C3H10N2.2BF4.Cu/c4-2-1-3-5;2*2-1(3,4)5;/h1-5H2;;;/q;2*-1;+2. The summed E-state index contributed by atoms with van der Waals surface area (Å²) in [4.78, 5) is 0. The normalized spacial score (nSPS) is 10.1. The van der Waals surface area contributed by atoms with Crippen molar-refractivity contribution in [2.75, 3.05) is 13.1 Å². The summed E-state index contributed by atoms with van der Waals surface area (Å²) in [6.45, 7) is 1.44. The zero-order chi connectivity index (χ0) is 13.1. The van der Waals surface area contributed by atoms with Crippen LogP contribution in [0.2, 0.25) is 0 Å². The van der Waals surface area contributed by atoms with E-state index in [1.165, 1.54) is 0 Å². The van der Waals surface area contributed by atoms with Crippen LogP contribution in [0.1, 0.15) is 6.42 Å². The topological polar surface area (TPSA) is 52.0 Å². The average Bonchev–Trinajstić information content (AvgIpc) is 1.80. The van der Waals surface area contributed by atoms with Gasteiger partial charge in [-0.1, -0.05) is 0 Å². The monoisotopic (exact) mass is 311 g/mol. The van der Waals surface area contributed by atoms with Crippen molar-refractivity contribution < 1.29 is 51.6 Å². The molecule has 0 bridgehead atoms. The van der Waals surface area contributed by atoms with Crippen molar-refractivity contribution in [2.24, 2.45) is 11.5 Å². The maximum absolute atomic E-state index is 9.75. The van der Waals surface area contributed by atoms with E-state index >= 15 is 0 Å². The fourth-order valence-corrected chi connectivity index (χ4v) is 0.118. The minimum Gasteiger partial charge on any atom is -0.418 e. The van der Waals surface area contributed by atoms with E-state index in [4.69, 9.17) is 11.5 Å². The van der Waals surface area contributed by atoms with E-state index in [-0.39, 0.29) is 17.1 Å². The first-order valence-electron chi connectivity index (χ1n) is 3.56. The Morgan fingerprint density at radius 1 is 0.625 bits per heavy atom. The summed E-state index contributed by atoms with van der Waals surface area (Å²) < 4.78 is 78.0. The van der Waals surface area contributed by atoms with Crippen LogP contribution in [0, 0.1) is 0 Å². The number of hydrogen-bond donors (Lipinski definition) is 2. The number of halogens is 8. The smallest absolute Gasteiger partial charge is 0.418 e. The van der Waals surface area contributed by atoms with Crippen LogP contribution in [0.15, 0.2) is 0 Å². The van der Waals surface area contributed by atoms with Crippen LogP contribution >= 0.6 is 0 Å². The Labute approximate surface area is 97.8 Å². The van der Waals surface area contributed by atoms with Crippen molar-refractivity contribution >= 4 is 14.5 Å². The van der Waals surface area contributed by atoms with Gasteiger partial charge in [-0.05, 0) is 19.5 Å². The second-order valence-corrected chi connectivity index (χ2v) is 1.92. The molecule has 0 unspecified atom stereocenters. The molecule has 16 heavy (non-hydrogen) atoms. The van der Waals surface area contributed by atoms with Crippen LogP contribution in [-0.2, 0) is 17.1 Å². The van der Waals surface area contributed by atoms with Gasteiger partial charge in [0.15, 0.2) is 0 Å². The van der Waals surface area contributed by atoms with Gasteiger partial charge in [0.1, 0.15) is 0 Å². The average molecular weight is 311 g/mol. The number of nitrogens with two attached hydrogens (primary N) is 2. The first-order chi connectivity index (χ1) is 6.41. The Balaban J connectivity index is -0.0000000655. The first kappa shape index (κ1) is 25.0. The molecule has 0 aliphatic rings. The first-order valence-corrected chi connectivity index (χ1v) is 3.56. The summed E-state index contributed by atoms with van der Waals surface area (Å²) in [5, 5.41) is 0. The molecular weight excluding hydrogens is 301 g/mol. The van der Waals surface area contributed by atoms with Gasteiger partial charge in [-0.2, -0.15) is 0 Å². The minimum atomic E-state index is -6.00. The molecular formula is C3H10B2CuF8N2. The molecule has 0 aromatic rings. The van der Waals surface area contributed by atoms with Crippen molar-refractivity contribution in [3.63, 3.8) is 0 Å². The van der Waals surface area contributed by atoms with Crippen LogP contribution in [0.3, 0.4) is 0 Å². The molecule has 0 aromatic carbocycles. The summed E-state index contributed by atoms with van der Waals surface area (Å²) in [5.41, 5.74) is 10.1. The summed E-state index contributed by atoms with van der Waals surface area (Å²) >= 11 is 0. The molecule has 0 spiro atoms. The maximum atomic E-state index is 9.75. The molecule has 105 valence electrons. The summed E-state index contributed by atoms with van der Waals surface area (Å²) in [7, 11) is -12.0. The predicted molar refractivity (Wildman–Crippen MR) is 43.1 cm³/mol. The van der Waals surface area contributed by atoms with Gasteiger partial charge < -0.3 is 46.0 Å². The molecule has 0 saturated carbocycles. The Morgan fingerprint density at radius 3 is 0.750 bits per heavy atom. The molecule has 2 nitrogen and oxygen atoms in total. The summed E-state index contributed by atoms with van der Waals surface area (Å²) in [6.07, 6.45) is 0.944. The second-order valence-electron chi connectivity index (χ2n) is 1.92. The van der Waals surface area contributed by atoms with Crippen molar-refractivity contribution in [1.29, 1.82) is 0 Å². The van der Waals surface area contributed by atoms with Gasteiger partial charge in [0.2, 0.25) is 0 Å². The van der Waals surface area contributed by atoms with Crippen LogP contribution < -0.4 is 11.5 Å². The van der Waals surface area contributed by atoms with Gasteiger partial charge >= 0.3 is 31.6 Å². The van der Waals surface area contributed by atoms with Crippen molar-refractivity contribution in [3.8, 4) is 0 Å². The maximum Gasteiger partial charge on any atom is 2.00 e. The summed E-state index contributed by atoms with van der Waals surface area (Å²) in [5.74, 6) is 0. The third-order valence-corrected chi connectivity index (χ3v) is 0.408. The van der Waals surface area contributed by atoms with E-state index < -0.39 is 14.5 Å². The molecule has 0 saturated heterocycles. The molecule has 0 rings (SSSR count). The molecule has 0 amide bonds. The van der Waals surface area contributed by atoms with Crippen molar-refractivity contribution in [2.45, 2.75) is 6.42 Å². The fourth-order valence-electron chi connectivity index (χ4n) is 0.118. The zero-order valence-corrected chi connectivity index (χ0v) is 8.70. The molecule has 1 radical (unpaired) electrons. The molecule has 13 heteroatoms. The van der Waals surface area contributed by atoms with Gasteiger partial charge in [-0.25, -0.2) is 0 Å². The second kappa shape index (κ2) is 13.1. The third-order valence-electron chi connectivity index (χ3n) is 0.408. The molecule has 4 N–H and O–H groups in total. The van der Waals surface area contributed by atoms with Crippen LogP contribution in [0.5, 0.6) is 0 Å². The Hall–Kier alpha value is 0.00935. The molecule has 0 fully saturated rings. The zero-order valence-electron chi connectivity index (χ0n) is 7.76.